The van der Waals surface area contributed by atoms with Crippen LogP contribution in [0.4, 0.5) is 0 Å². The Bertz CT molecular complexity index is 205. The number of allylic oxidation sites excluding steroid dienone is 2. The van der Waals surface area contributed by atoms with Crippen LogP contribution in [-0.2, 0) is 0 Å². The summed E-state index contributed by atoms with van der Waals surface area (Å²) in [5.74, 6) is 1.69. The molecule has 1 unspecified atom stereocenters. The van der Waals surface area contributed by atoms with Gasteiger partial charge in [0, 0.05) is 6.04 Å². The van der Waals surface area contributed by atoms with Crippen molar-refractivity contribution < 1.29 is 0 Å². The lowest BCUT2D eigenvalue weighted by molar-refractivity contribution is 0.457. The molecule has 0 radical (unpaired) electrons. The Balaban J connectivity index is 2.25. The Hall–Kier alpha value is -0.300. The number of nitrogens with one attached hydrogen (secondary N) is 1. The van der Waals surface area contributed by atoms with E-state index in [-0.39, 0.29) is 0 Å². The summed E-state index contributed by atoms with van der Waals surface area (Å²) in [5, 5.41) is 3.50. The van der Waals surface area contributed by atoms with Crippen LogP contribution in [0.3, 0.4) is 0 Å². The molecule has 1 aliphatic rings. The van der Waals surface area contributed by atoms with Crippen LogP contribution in [0.2, 0.25) is 0 Å². The predicted molar refractivity (Wildman–Crippen MR) is 68.0 cm³/mol. The van der Waals surface area contributed by atoms with Gasteiger partial charge in [-0.2, -0.15) is 0 Å². The Kier molecular flexibility index (Phi) is 5.38. The van der Waals surface area contributed by atoms with Crippen molar-refractivity contribution in [3.8, 4) is 0 Å². The summed E-state index contributed by atoms with van der Waals surface area (Å²) >= 11 is 0. The predicted octanol–water partition coefficient (Wildman–Crippen LogP) is 3.76. The number of rotatable bonds is 5. The molecule has 0 aliphatic heterocycles. The normalized spacial score (nSPS) is 24.1. The van der Waals surface area contributed by atoms with Gasteiger partial charge in [-0.05, 0) is 44.1 Å². The molecule has 0 heterocycles. The average Bonchev–Trinajstić information content (AvgIpc) is 2.18. The molecule has 0 saturated heterocycles. The van der Waals surface area contributed by atoms with Gasteiger partial charge in [0.2, 0.25) is 0 Å². The Morgan fingerprint density at radius 1 is 1.40 bits per heavy atom. The van der Waals surface area contributed by atoms with Crippen molar-refractivity contribution in [3.05, 3.63) is 11.6 Å². The van der Waals surface area contributed by atoms with Crippen LogP contribution in [0.25, 0.3) is 0 Å². The van der Waals surface area contributed by atoms with Gasteiger partial charge in [-0.25, -0.2) is 0 Å². The summed E-state index contributed by atoms with van der Waals surface area (Å²) in [5.41, 5.74) is 1.71. The van der Waals surface area contributed by atoms with E-state index in [2.05, 4.69) is 39.1 Å². The second-order valence-corrected chi connectivity index (χ2v) is 5.46. The zero-order valence-electron chi connectivity index (χ0n) is 10.8. The van der Waals surface area contributed by atoms with Gasteiger partial charge in [-0.3, -0.25) is 0 Å². The minimum absolute atomic E-state index is 0.623. The van der Waals surface area contributed by atoms with Crippen molar-refractivity contribution >= 4 is 0 Å². The van der Waals surface area contributed by atoms with E-state index in [9.17, 15) is 0 Å². The first-order chi connectivity index (χ1) is 7.09. The van der Waals surface area contributed by atoms with Gasteiger partial charge in [0.05, 0.1) is 0 Å². The van der Waals surface area contributed by atoms with Crippen molar-refractivity contribution in [2.45, 2.75) is 59.4 Å². The van der Waals surface area contributed by atoms with Crippen LogP contribution in [-0.4, -0.2) is 12.6 Å². The molecule has 0 bridgehead atoms. The fraction of sp³-hybridized carbons (Fsp3) is 0.857. The van der Waals surface area contributed by atoms with E-state index in [1.165, 1.54) is 25.7 Å². The van der Waals surface area contributed by atoms with E-state index in [0.717, 1.165) is 18.4 Å². The molecule has 0 spiro atoms. The average molecular weight is 209 g/mol. The van der Waals surface area contributed by atoms with E-state index < -0.39 is 0 Å². The lowest BCUT2D eigenvalue weighted by atomic mass is 9.84. The van der Waals surface area contributed by atoms with Crippen LogP contribution >= 0.6 is 0 Å². The van der Waals surface area contributed by atoms with Gasteiger partial charge < -0.3 is 5.32 Å². The standard InChI is InChI=1S/C14H27N/c1-11(2)15-10-9-13(4)14-7-5-12(3)6-8-14/h7,11-13,15H,5-6,8-10H2,1-4H3/t12-,13?/m1/s1. The molecule has 0 saturated carbocycles. The summed E-state index contributed by atoms with van der Waals surface area (Å²) < 4.78 is 0. The highest BCUT2D eigenvalue weighted by Crippen LogP contribution is 2.28. The van der Waals surface area contributed by atoms with Crippen LogP contribution in [0.5, 0.6) is 0 Å². The first kappa shape index (κ1) is 12.8. The van der Waals surface area contributed by atoms with Gasteiger partial charge in [-0.1, -0.05) is 39.3 Å². The summed E-state index contributed by atoms with van der Waals surface area (Å²) in [6.07, 6.45) is 7.82. The third-order valence-electron chi connectivity index (χ3n) is 3.47. The highest BCUT2D eigenvalue weighted by atomic mass is 14.9. The second kappa shape index (κ2) is 6.32. The first-order valence-electron chi connectivity index (χ1n) is 6.52. The highest BCUT2D eigenvalue weighted by molar-refractivity contribution is 5.09. The molecule has 0 aromatic heterocycles. The van der Waals surface area contributed by atoms with Crippen LogP contribution in [0.1, 0.15) is 53.4 Å². The van der Waals surface area contributed by atoms with Crippen molar-refractivity contribution in [2.75, 3.05) is 6.54 Å². The maximum Gasteiger partial charge on any atom is 0.00103 e. The lowest BCUT2D eigenvalue weighted by Gasteiger charge is -2.23. The molecule has 15 heavy (non-hydrogen) atoms. The molecule has 0 amide bonds. The van der Waals surface area contributed by atoms with E-state index in [1.54, 1.807) is 5.57 Å². The van der Waals surface area contributed by atoms with E-state index in [4.69, 9.17) is 0 Å². The van der Waals surface area contributed by atoms with Gasteiger partial charge in [0.25, 0.3) is 0 Å². The van der Waals surface area contributed by atoms with Crippen molar-refractivity contribution in [1.82, 2.24) is 5.32 Å². The van der Waals surface area contributed by atoms with Crippen LogP contribution in [0, 0.1) is 11.8 Å². The number of hydrogen-bond donors (Lipinski definition) is 1. The lowest BCUT2D eigenvalue weighted by Crippen LogP contribution is -2.25. The molecule has 0 aromatic rings. The minimum atomic E-state index is 0.623. The molecule has 88 valence electrons. The summed E-state index contributed by atoms with van der Waals surface area (Å²) in [6.45, 7) is 10.3. The molecule has 0 aromatic carbocycles. The van der Waals surface area contributed by atoms with Crippen molar-refractivity contribution in [1.29, 1.82) is 0 Å². The van der Waals surface area contributed by atoms with E-state index in [1.807, 2.05) is 0 Å². The molecule has 0 fully saturated rings. The van der Waals surface area contributed by atoms with E-state index in [0.29, 0.717) is 6.04 Å². The summed E-state index contributed by atoms with van der Waals surface area (Å²) in [7, 11) is 0. The zero-order chi connectivity index (χ0) is 11.3. The van der Waals surface area contributed by atoms with Crippen LogP contribution < -0.4 is 5.32 Å². The molecular weight excluding hydrogens is 182 g/mol. The molecule has 1 rings (SSSR count). The van der Waals surface area contributed by atoms with Gasteiger partial charge in [0.15, 0.2) is 0 Å². The third-order valence-corrected chi connectivity index (χ3v) is 3.47. The zero-order valence-corrected chi connectivity index (χ0v) is 10.8. The fourth-order valence-corrected chi connectivity index (χ4v) is 2.21. The Morgan fingerprint density at radius 3 is 2.67 bits per heavy atom. The molecular formula is C14H27N. The smallest absolute Gasteiger partial charge is 0.00103 e. The highest BCUT2D eigenvalue weighted by Gasteiger charge is 2.14. The van der Waals surface area contributed by atoms with Crippen LogP contribution in [0.15, 0.2) is 11.6 Å². The summed E-state index contributed by atoms with van der Waals surface area (Å²) in [6, 6.07) is 0.623. The fourth-order valence-electron chi connectivity index (χ4n) is 2.21. The maximum atomic E-state index is 3.50. The monoisotopic (exact) mass is 209 g/mol. The topological polar surface area (TPSA) is 12.0 Å². The Morgan fingerprint density at radius 2 is 2.13 bits per heavy atom. The molecule has 1 nitrogen and oxygen atoms in total. The third kappa shape index (κ3) is 4.83. The quantitative estimate of drug-likeness (QED) is 0.680. The van der Waals surface area contributed by atoms with Gasteiger partial charge in [-0.15, -0.1) is 0 Å². The maximum absolute atomic E-state index is 3.50. The molecule has 1 heteroatoms. The molecule has 1 aliphatic carbocycles. The van der Waals surface area contributed by atoms with Gasteiger partial charge >= 0.3 is 0 Å². The second-order valence-electron chi connectivity index (χ2n) is 5.46. The largest absolute Gasteiger partial charge is 0.315 e. The summed E-state index contributed by atoms with van der Waals surface area (Å²) in [4.78, 5) is 0. The Labute approximate surface area is 95.3 Å². The minimum Gasteiger partial charge on any atom is -0.315 e. The molecule has 1 N–H and O–H groups in total. The first-order valence-corrected chi connectivity index (χ1v) is 6.52. The molecule has 2 atom stereocenters. The van der Waals surface area contributed by atoms with Crippen molar-refractivity contribution in [2.24, 2.45) is 11.8 Å². The SMILES string of the molecule is CC(C)NCCC(C)C1=CC[C@@H](C)CC1. The van der Waals surface area contributed by atoms with E-state index >= 15 is 0 Å². The van der Waals surface area contributed by atoms with Gasteiger partial charge in [0.1, 0.15) is 0 Å². The van der Waals surface area contributed by atoms with Crippen molar-refractivity contribution in [3.63, 3.8) is 0 Å². The number of hydrogen-bond acceptors (Lipinski definition) is 1.